The number of anilines is 1. The average Bonchev–Trinajstić information content (AvgIpc) is 3.10. The molecule has 0 bridgehead atoms. The van der Waals surface area contributed by atoms with E-state index < -0.39 is 5.97 Å². The number of esters is 1. The summed E-state index contributed by atoms with van der Waals surface area (Å²) in [7, 11) is 1.92. The third-order valence-corrected chi connectivity index (χ3v) is 5.21. The third-order valence-electron chi connectivity index (χ3n) is 5.21. The van der Waals surface area contributed by atoms with Gasteiger partial charge in [0.05, 0.1) is 16.8 Å². The van der Waals surface area contributed by atoms with Gasteiger partial charge in [0.25, 0.3) is 0 Å². The van der Waals surface area contributed by atoms with E-state index in [0.29, 0.717) is 16.8 Å². The molecule has 6 nitrogen and oxygen atoms in total. The summed E-state index contributed by atoms with van der Waals surface area (Å²) in [6.45, 7) is 1.03. The normalized spacial score (nSPS) is 10.7. The molecule has 1 aromatic heterocycles. The highest BCUT2D eigenvalue weighted by Crippen LogP contribution is 2.33. The van der Waals surface area contributed by atoms with E-state index in [1.165, 1.54) is 6.92 Å². The molecule has 32 heavy (non-hydrogen) atoms. The van der Waals surface area contributed by atoms with E-state index in [9.17, 15) is 14.4 Å². The summed E-state index contributed by atoms with van der Waals surface area (Å²) in [5, 5.41) is 3.45. The highest BCUT2D eigenvalue weighted by atomic mass is 16.5. The summed E-state index contributed by atoms with van der Waals surface area (Å²) in [5.41, 5.74) is 4.03. The van der Waals surface area contributed by atoms with Crippen molar-refractivity contribution in [2.75, 3.05) is 11.9 Å². The number of para-hydroxylation sites is 1. The second-order valence-electron chi connectivity index (χ2n) is 7.42. The van der Waals surface area contributed by atoms with Crippen molar-refractivity contribution in [1.82, 2.24) is 4.57 Å². The molecule has 6 heteroatoms. The highest BCUT2D eigenvalue weighted by Gasteiger charge is 2.23. The fraction of sp³-hybridized carbons (Fsp3) is 0.115. The molecule has 1 N–H and O–H groups in total. The maximum absolute atomic E-state index is 13.2. The van der Waals surface area contributed by atoms with E-state index in [1.807, 2.05) is 66.2 Å². The Morgan fingerprint density at radius 1 is 0.875 bits per heavy atom. The molecule has 0 aliphatic rings. The fourth-order valence-electron chi connectivity index (χ4n) is 3.79. The SMILES string of the molecule is CC(=O)Nc1ccc(C(=O)OCC(=O)c2c(-c3ccccc3)n(C)c3ccccc23)cc1. The van der Waals surface area contributed by atoms with Crippen LogP contribution >= 0.6 is 0 Å². The smallest absolute Gasteiger partial charge is 0.338 e. The fourth-order valence-corrected chi connectivity index (χ4v) is 3.79. The predicted octanol–water partition coefficient (Wildman–Crippen LogP) is 4.84. The van der Waals surface area contributed by atoms with Gasteiger partial charge in [-0.25, -0.2) is 4.79 Å². The van der Waals surface area contributed by atoms with Gasteiger partial charge in [0.15, 0.2) is 6.61 Å². The molecule has 0 unspecified atom stereocenters. The minimum atomic E-state index is -0.603. The number of Topliss-reactive ketones (excluding diaryl/α,β-unsaturated/α-hetero) is 1. The summed E-state index contributed by atoms with van der Waals surface area (Å²) in [6.07, 6.45) is 0. The van der Waals surface area contributed by atoms with Crippen molar-refractivity contribution in [3.8, 4) is 11.3 Å². The molecule has 0 saturated carbocycles. The Bertz CT molecular complexity index is 1310. The van der Waals surface area contributed by atoms with Gasteiger partial charge in [-0.15, -0.1) is 0 Å². The van der Waals surface area contributed by atoms with E-state index in [2.05, 4.69) is 5.32 Å². The Morgan fingerprint density at radius 2 is 1.53 bits per heavy atom. The molecule has 0 aliphatic heterocycles. The molecule has 3 aromatic carbocycles. The number of amides is 1. The van der Waals surface area contributed by atoms with E-state index in [1.54, 1.807) is 24.3 Å². The van der Waals surface area contributed by atoms with Gasteiger partial charge >= 0.3 is 5.97 Å². The number of ketones is 1. The molecule has 1 amide bonds. The van der Waals surface area contributed by atoms with Crippen molar-refractivity contribution in [3.63, 3.8) is 0 Å². The summed E-state index contributed by atoms with van der Waals surface area (Å²) < 4.78 is 7.32. The Hall–Kier alpha value is -4.19. The van der Waals surface area contributed by atoms with E-state index in [0.717, 1.165) is 22.2 Å². The number of nitrogens with zero attached hydrogens (tertiary/aromatic N) is 1. The number of carbonyl (C=O) groups excluding carboxylic acids is 3. The van der Waals surface area contributed by atoms with Crippen LogP contribution in [0.3, 0.4) is 0 Å². The second-order valence-corrected chi connectivity index (χ2v) is 7.42. The van der Waals surface area contributed by atoms with Gasteiger partial charge in [-0.1, -0.05) is 48.5 Å². The number of fused-ring (bicyclic) bond motifs is 1. The zero-order chi connectivity index (χ0) is 22.7. The van der Waals surface area contributed by atoms with Gasteiger partial charge in [0.2, 0.25) is 11.7 Å². The van der Waals surface area contributed by atoms with E-state index in [4.69, 9.17) is 4.74 Å². The van der Waals surface area contributed by atoms with Gasteiger partial charge < -0.3 is 14.6 Å². The van der Waals surface area contributed by atoms with Gasteiger partial charge in [-0.05, 0) is 35.9 Å². The zero-order valence-electron chi connectivity index (χ0n) is 17.8. The maximum atomic E-state index is 13.2. The number of aryl methyl sites for hydroxylation is 1. The monoisotopic (exact) mass is 426 g/mol. The quantitative estimate of drug-likeness (QED) is 0.353. The molecule has 4 aromatic rings. The molecule has 160 valence electrons. The minimum Gasteiger partial charge on any atom is -0.454 e. The van der Waals surface area contributed by atoms with Gasteiger partial charge in [-0.2, -0.15) is 0 Å². The van der Waals surface area contributed by atoms with E-state index >= 15 is 0 Å². The number of carbonyl (C=O) groups is 3. The lowest BCUT2D eigenvalue weighted by Gasteiger charge is -2.09. The Balaban J connectivity index is 1.59. The van der Waals surface area contributed by atoms with Crippen LogP contribution in [-0.4, -0.2) is 28.8 Å². The Morgan fingerprint density at radius 3 is 2.22 bits per heavy atom. The first-order chi connectivity index (χ1) is 15.5. The number of ether oxygens (including phenoxy) is 1. The van der Waals surface area contributed by atoms with Crippen LogP contribution in [0, 0.1) is 0 Å². The number of nitrogens with one attached hydrogen (secondary N) is 1. The number of benzene rings is 3. The lowest BCUT2D eigenvalue weighted by molar-refractivity contribution is -0.114. The Labute approximate surface area is 185 Å². The lowest BCUT2D eigenvalue weighted by atomic mass is 10.0. The number of aromatic nitrogens is 1. The molecule has 4 rings (SSSR count). The second kappa shape index (κ2) is 8.89. The maximum Gasteiger partial charge on any atom is 0.338 e. The first kappa shape index (κ1) is 21.1. The summed E-state index contributed by atoms with van der Waals surface area (Å²) in [5.74, 6) is -1.08. The molecule has 0 aliphatic carbocycles. The van der Waals surface area contributed by atoms with Gasteiger partial charge in [-0.3, -0.25) is 9.59 Å². The molecule has 0 radical (unpaired) electrons. The number of rotatable bonds is 6. The van der Waals surface area contributed by atoms with E-state index in [-0.39, 0.29) is 18.3 Å². The van der Waals surface area contributed by atoms with Crippen molar-refractivity contribution in [2.24, 2.45) is 7.05 Å². The summed E-state index contributed by atoms with van der Waals surface area (Å²) >= 11 is 0. The van der Waals surface area contributed by atoms with Crippen molar-refractivity contribution in [3.05, 3.63) is 90.0 Å². The van der Waals surface area contributed by atoms with Gasteiger partial charge in [0, 0.05) is 30.6 Å². The van der Waals surface area contributed by atoms with Crippen molar-refractivity contribution in [1.29, 1.82) is 0 Å². The molecule has 0 fully saturated rings. The van der Waals surface area contributed by atoms with Crippen LogP contribution in [0.2, 0.25) is 0 Å². The first-order valence-electron chi connectivity index (χ1n) is 10.2. The molecular formula is C26H22N2O4. The molecule has 1 heterocycles. The van der Waals surface area contributed by atoms with Crippen LogP contribution in [0.25, 0.3) is 22.2 Å². The van der Waals surface area contributed by atoms with Crippen molar-refractivity contribution < 1.29 is 19.1 Å². The topological polar surface area (TPSA) is 77.4 Å². The average molecular weight is 426 g/mol. The van der Waals surface area contributed by atoms with Crippen LogP contribution < -0.4 is 5.32 Å². The minimum absolute atomic E-state index is 0.199. The number of hydrogen-bond donors (Lipinski definition) is 1. The highest BCUT2D eigenvalue weighted by molar-refractivity contribution is 6.14. The first-order valence-corrected chi connectivity index (χ1v) is 10.2. The standard InChI is InChI=1S/C26H22N2O4/c1-17(29)27-20-14-12-19(13-15-20)26(31)32-16-23(30)24-21-10-6-7-11-22(21)28(2)25(24)18-8-4-3-5-9-18/h3-15H,16H2,1-2H3,(H,27,29). The van der Waals surface area contributed by atoms with Crippen LogP contribution in [0.1, 0.15) is 27.6 Å². The number of hydrogen-bond acceptors (Lipinski definition) is 4. The van der Waals surface area contributed by atoms with Crippen LogP contribution in [0.5, 0.6) is 0 Å². The van der Waals surface area contributed by atoms with Crippen LogP contribution in [0.4, 0.5) is 5.69 Å². The van der Waals surface area contributed by atoms with Crippen LogP contribution in [0.15, 0.2) is 78.9 Å². The molecular weight excluding hydrogens is 404 g/mol. The largest absolute Gasteiger partial charge is 0.454 e. The summed E-state index contributed by atoms with van der Waals surface area (Å²) in [4.78, 5) is 36.8. The van der Waals surface area contributed by atoms with Crippen molar-refractivity contribution >= 4 is 34.3 Å². The molecule has 0 atom stereocenters. The third kappa shape index (κ3) is 4.16. The van der Waals surface area contributed by atoms with Crippen molar-refractivity contribution in [2.45, 2.75) is 6.92 Å². The lowest BCUT2D eigenvalue weighted by Crippen LogP contribution is -2.15. The Kier molecular flexibility index (Phi) is 5.85. The molecule has 0 saturated heterocycles. The molecule has 0 spiro atoms. The predicted molar refractivity (Wildman–Crippen MR) is 124 cm³/mol. The van der Waals surface area contributed by atoms with Crippen LogP contribution in [-0.2, 0) is 16.6 Å². The zero-order valence-corrected chi connectivity index (χ0v) is 17.8. The summed E-state index contributed by atoms with van der Waals surface area (Å²) in [6, 6.07) is 23.7. The van der Waals surface area contributed by atoms with Gasteiger partial charge in [0.1, 0.15) is 0 Å².